The predicted molar refractivity (Wildman–Crippen MR) is 106 cm³/mol. The van der Waals surface area contributed by atoms with Gasteiger partial charge in [0.25, 0.3) is 0 Å². The molecular weight excluding hydrogens is 342 g/mol. The molecule has 1 heterocycles. The van der Waals surface area contributed by atoms with Crippen molar-refractivity contribution < 1.29 is 19.4 Å². The van der Waals surface area contributed by atoms with Crippen molar-refractivity contribution in [1.82, 2.24) is 0 Å². The summed E-state index contributed by atoms with van der Waals surface area (Å²) in [6.45, 7) is 5.97. The third-order valence-corrected chi connectivity index (χ3v) is 4.82. The molecule has 1 atom stereocenters. The maximum Gasteiger partial charge on any atom is 0.158 e. The summed E-state index contributed by atoms with van der Waals surface area (Å²) < 4.78 is 11.5. The van der Waals surface area contributed by atoms with Gasteiger partial charge in [-0.3, -0.25) is 4.79 Å². The zero-order chi connectivity index (χ0) is 19.2. The number of rotatable bonds is 9. The molecule has 2 aromatic rings. The van der Waals surface area contributed by atoms with Gasteiger partial charge in [-0.15, -0.1) is 0 Å². The van der Waals surface area contributed by atoms with Gasteiger partial charge in [-0.2, -0.15) is 0 Å². The number of benzene rings is 2. The molecule has 0 bridgehead atoms. The van der Waals surface area contributed by atoms with E-state index in [-0.39, 0.29) is 17.8 Å². The Labute approximate surface area is 160 Å². The Morgan fingerprint density at radius 3 is 2.33 bits per heavy atom. The van der Waals surface area contributed by atoms with E-state index in [0.717, 1.165) is 30.2 Å². The van der Waals surface area contributed by atoms with E-state index in [4.69, 9.17) is 14.6 Å². The molecule has 1 aliphatic heterocycles. The molecule has 0 saturated carbocycles. The summed E-state index contributed by atoms with van der Waals surface area (Å²) >= 11 is 0. The summed E-state index contributed by atoms with van der Waals surface area (Å²) in [7, 11) is 0. The predicted octanol–water partition coefficient (Wildman–Crippen LogP) is 3.41. The van der Waals surface area contributed by atoms with E-state index in [0.29, 0.717) is 13.0 Å². The van der Waals surface area contributed by atoms with E-state index in [1.54, 1.807) is 0 Å². The Bertz CT molecular complexity index is 736. The average molecular weight is 369 g/mol. The quantitative estimate of drug-likeness (QED) is 0.734. The fraction of sp³-hybridized carbons (Fsp3) is 0.409. The van der Waals surface area contributed by atoms with Crippen LogP contribution in [0.3, 0.4) is 0 Å². The largest absolute Gasteiger partial charge is 0.494 e. The highest BCUT2D eigenvalue weighted by molar-refractivity contribution is 5.80. The number of Topliss-reactive ketones (excluding diaryl/α,β-unsaturated/α-hetero) is 1. The SMILES string of the molecule is CCOc1ccc(N2CC(Oc3ccc([C@H](C)CC(=O)CO)cc3)C2)cc1. The molecule has 1 N–H and O–H groups in total. The lowest BCUT2D eigenvalue weighted by Gasteiger charge is -2.40. The summed E-state index contributed by atoms with van der Waals surface area (Å²) in [5.41, 5.74) is 2.25. The summed E-state index contributed by atoms with van der Waals surface area (Å²) in [5, 5.41) is 8.87. The summed E-state index contributed by atoms with van der Waals surface area (Å²) in [6.07, 6.45) is 0.534. The first-order valence-corrected chi connectivity index (χ1v) is 9.46. The van der Waals surface area contributed by atoms with Gasteiger partial charge in [0.15, 0.2) is 5.78 Å². The second kappa shape index (κ2) is 8.91. The van der Waals surface area contributed by atoms with Crippen LogP contribution >= 0.6 is 0 Å². The van der Waals surface area contributed by atoms with Gasteiger partial charge < -0.3 is 19.5 Å². The Balaban J connectivity index is 1.47. The van der Waals surface area contributed by atoms with Crippen molar-refractivity contribution in [2.24, 2.45) is 0 Å². The van der Waals surface area contributed by atoms with Gasteiger partial charge >= 0.3 is 0 Å². The summed E-state index contributed by atoms with van der Waals surface area (Å²) in [4.78, 5) is 13.6. The van der Waals surface area contributed by atoms with Crippen LogP contribution in [0.5, 0.6) is 11.5 Å². The normalized spacial score (nSPS) is 15.1. The van der Waals surface area contributed by atoms with Crippen molar-refractivity contribution in [2.75, 3.05) is 31.2 Å². The summed E-state index contributed by atoms with van der Waals surface area (Å²) in [5.74, 6) is 1.70. The Kier molecular flexibility index (Phi) is 6.35. The Hall–Kier alpha value is -2.53. The highest BCUT2D eigenvalue weighted by Crippen LogP contribution is 2.27. The van der Waals surface area contributed by atoms with E-state index in [1.807, 2.05) is 50.2 Å². The van der Waals surface area contributed by atoms with Gasteiger partial charge in [0.05, 0.1) is 19.7 Å². The van der Waals surface area contributed by atoms with Crippen LogP contribution in [0.2, 0.25) is 0 Å². The molecule has 0 spiro atoms. The number of aliphatic hydroxyl groups is 1. The number of carbonyl (C=O) groups excluding carboxylic acids is 1. The van der Waals surface area contributed by atoms with Gasteiger partial charge in [-0.25, -0.2) is 0 Å². The van der Waals surface area contributed by atoms with E-state index < -0.39 is 6.61 Å². The second-order valence-corrected chi connectivity index (χ2v) is 6.94. The van der Waals surface area contributed by atoms with Crippen LogP contribution in [0.25, 0.3) is 0 Å². The first kappa shape index (κ1) is 19.2. The minimum atomic E-state index is -0.391. The molecule has 0 radical (unpaired) electrons. The molecule has 0 aliphatic carbocycles. The van der Waals surface area contributed by atoms with E-state index >= 15 is 0 Å². The molecule has 1 saturated heterocycles. The highest BCUT2D eigenvalue weighted by atomic mass is 16.5. The van der Waals surface area contributed by atoms with Crippen molar-refractivity contribution in [3.05, 3.63) is 54.1 Å². The minimum Gasteiger partial charge on any atom is -0.494 e. The Morgan fingerprint density at radius 2 is 1.74 bits per heavy atom. The smallest absolute Gasteiger partial charge is 0.158 e. The molecule has 5 heteroatoms. The lowest BCUT2D eigenvalue weighted by atomic mass is 9.96. The third-order valence-electron chi connectivity index (χ3n) is 4.82. The maximum atomic E-state index is 11.4. The third kappa shape index (κ3) is 5.01. The van der Waals surface area contributed by atoms with Crippen LogP contribution in [-0.2, 0) is 4.79 Å². The van der Waals surface area contributed by atoms with Crippen LogP contribution in [0.1, 0.15) is 31.7 Å². The zero-order valence-electron chi connectivity index (χ0n) is 15.9. The van der Waals surface area contributed by atoms with Crippen molar-refractivity contribution in [3.8, 4) is 11.5 Å². The summed E-state index contributed by atoms with van der Waals surface area (Å²) in [6, 6.07) is 16.0. The maximum absolute atomic E-state index is 11.4. The van der Waals surface area contributed by atoms with Gasteiger partial charge in [0, 0.05) is 12.1 Å². The number of carbonyl (C=O) groups is 1. The molecule has 0 amide bonds. The van der Waals surface area contributed by atoms with Crippen molar-refractivity contribution in [3.63, 3.8) is 0 Å². The molecule has 5 nitrogen and oxygen atoms in total. The van der Waals surface area contributed by atoms with Crippen LogP contribution in [0.4, 0.5) is 5.69 Å². The standard InChI is InChI=1S/C22H27NO4/c1-3-26-20-10-6-18(7-11-20)23-13-22(14-23)27-21-8-4-17(5-9-21)16(2)12-19(25)15-24/h4-11,16,22,24H,3,12-15H2,1-2H3/t16-/m1/s1. The molecule has 27 heavy (non-hydrogen) atoms. The van der Waals surface area contributed by atoms with E-state index in [2.05, 4.69) is 17.0 Å². The van der Waals surface area contributed by atoms with Crippen LogP contribution in [0, 0.1) is 0 Å². The lowest BCUT2D eigenvalue weighted by molar-refractivity contribution is -0.122. The first-order valence-electron chi connectivity index (χ1n) is 9.46. The molecule has 0 aromatic heterocycles. The van der Waals surface area contributed by atoms with Crippen molar-refractivity contribution >= 4 is 11.5 Å². The highest BCUT2D eigenvalue weighted by Gasteiger charge is 2.28. The molecular formula is C22H27NO4. The minimum absolute atomic E-state index is 0.0950. The molecule has 144 valence electrons. The van der Waals surface area contributed by atoms with Gasteiger partial charge in [0.2, 0.25) is 0 Å². The number of aliphatic hydroxyl groups excluding tert-OH is 1. The van der Waals surface area contributed by atoms with Crippen LogP contribution < -0.4 is 14.4 Å². The van der Waals surface area contributed by atoms with Crippen LogP contribution in [-0.4, -0.2) is 43.3 Å². The number of anilines is 1. The van der Waals surface area contributed by atoms with Gasteiger partial charge in [0.1, 0.15) is 24.2 Å². The zero-order valence-corrected chi connectivity index (χ0v) is 15.9. The van der Waals surface area contributed by atoms with Crippen molar-refractivity contribution in [2.45, 2.75) is 32.3 Å². The monoisotopic (exact) mass is 369 g/mol. The molecule has 2 aromatic carbocycles. The van der Waals surface area contributed by atoms with Crippen LogP contribution in [0.15, 0.2) is 48.5 Å². The fourth-order valence-electron chi connectivity index (χ4n) is 3.23. The van der Waals surface area contributed by atoms with E-state index in [1.165, 1.54) is 5.69 Å². The number of ketones is 1. The van der Waals surface area contributed by atoms with Gasteiger partial charge in [-0.1, -0.05) is 19.1 Å². The average Bonchev–Trinajstić information content (AvgIpc) is 2.66. The molecule has 1 aliphatic rings. The second-order valence-electron chi connectivity index (χ2n) is 6.94. The Morgan fingerprint density at radius 1 is 1.11 bits per heavy atom. The first-order chi connectivity index (χ1) is 13.1. The number of hydrogen-bond acceptors (Lipinski definition) is 5. The number of ether oxygens (including phenoxy) is 2. The molecule has 3 rings (SSSR count). The number of hydrogen-bond donors (Lipinski definition) is 1. The molecule has 1 fully saturated rings. The lowest BCUT2D eigenvalue weighted by Crippen LogP contribution is -2.54. The fourth-order valence-corrected chi connectivity index (χ4v) is 3.23. The number of nitrogens with zero attached hydrogens (tertiary/aromatic N) is 1. The van der Waals surface area contributed by atoms with Gasteiger partial charge in [-0.05, 0) is 54.8 Å². The van der Waals surface area contributed by atoms with E-state index in [9.17, 15) is 4.79 Å². The molecule has 0 unspecified atom stereocenters. The van der Waals surface area contributed by atoms with Crippen molar-refractivity contribution in [1.29, 1.82) is 0 Å². The topological polar surface area (TPSA) is 59.0 Å².